The standard InChI is InChI=1S/C11H12F4NO4P/c1-3-20-21(2,19)11(14,15)10(12,13)8-4-6-9(7-5-8)16(17)18/h4-7H,3H2,1-2H3. The number of nitrogens with zero attached hydrogens (tertiary/aromatic N) is 1. The first-order valence-electron chi connectivity index (χ1n) is 5.70. The molecule has 0 saturated heterocycles. The van der Waals surface area contributed by atoms with Gasteiger partial charge in [-0.05, 0) is 19.1 Å². The van der Waals surface area contributed by atoms with E-state index in [4.69, 9.17) is 0 Å². The molecule has 1 rings (SSSR count). The number of non-ortho nitro benzene ring substituents is 1. The summed E-state index contributed by atoms with van der Waals surface area (Å²) >= 11 is 0. The Morgan fingerprint density at radius 1 is 1.24 bits per heavy atom. The summed E-state index contributed by atoms with van der Waals surface area (Å²) in [6, 6.07) is 2.33. The van der Waals surface area contributed by atoms with Crippen molar-refractivity contribution >= 4 is 13.1 Å². The van der Waals surface area contributed by atoms with Crippen LogP contribution in [-0.2, 0) is 15.0 Å². The largest absolute Gasteiger partial charge is 0.387 e. The second-order valence-electron chi connectivity index (χ2n) is 4.18. The van der Waals surface area contributed by atoms with Crippen molar-refractivity contribution in [2.45, 2.75) is 18.5 Å². The number of alkyl halides is 4. The van der Waals surface area contributed by atoms with Crippen LogP contribution in [0.4, 0.5) is 23.2 Å². The predicted molar refractivity (Wildman–Crippen MR) is 67.1 cm³/mol. The van der Waals surface area contributed by atoms with E-state index in [0.29, 0.717) is 30.9 Å². The van der Waals surface area contributed by atoms with E-state index in [0.717, 1.165) is 0 Å². The van der Waals surface area contributed by atoms with Crippen molar-refractivity contribution < 1.29 is 31.6 Å². The van der Waals surface area contributed by atoms with Crippen molar-refractivity contribution in [3.8, 4) is 0 Å². The summed E-state index contributed by atoms with van der Waals surface area (Å²) < 4.78 is 71.5. The second kappa shape index (κ2) is 5.73. The van der Waals surface area contributed by atoms with Gasteiger partial charge in [-0.1, -0.05) is 0 Å². The molecule has 1 aromatic rings. The Balaban J connectivity index is 3.25. The summed E-state index contributed by atoms with van der Waals surface area (Å²) in [7, 11) is -4.93. The molecule has 118 valence electrons. The molecule has 0 saturated carbocycles. The molecule has 21 heavy (non-hydrogen) atoms. The maximum Gasteiger partial charge on any atom is 0.387 e. The molecule has 0 aliphatic heterocycles. The SMILES string of the molecule is CCOP(C)(=O)C(F)(F)C(F)(F)c1ccc([N+](=O)[O-])cc1. The van der Waals surface area contributed by atoms with Crippen LogP contribution in [0.5, 0.6) is 0 Å². The van der Waals surface area contributed by atoms with Crippen LogP contribution in [0.1, 0.15) is 12.5 Å². The summed E-state index contributed by atoms with van der Waals surface area (Å²) in [5, 5.41) is 10.4. The van der Waals surface area contributed by atoms with Gasteiger partial charge < -0.3 is 4.52 Å². The highest BCUT2D eigenvalue weighted by molar-refractivity contribution is 7.59. The summed E-state index contributed by atoms with van der Waals surface area (Å²) in [4.78, 5) is 9.55. The lowest BCUT2D eigenvalue weighted by Gasteiger charge is -2.30. The van der Waals surface area contributed by atoms with E-state index < -0.39 is 41.7 Å². The highest BCUT2D eigenvalue weighted by Crippen LogP contribution is 2.66. The van der Waals surface area contributed by atoms with Crippen molar-refractivity contribution in [3.05, 3.63) is 39.9 Å². The fourth-order valence-electron chi connectivity index (χ4n) is 1.55. The third kappa shape index (κ3) is 3.08. The van der Waals surface area contributed by atoms with E-state index >= 15 is 0 Å². The highest BCUT2D eigenvalue weighted by Gasteiger charge is 2.67. The number of nitro groups is 1. The Morgan fingerprint density at radius 3 is 2.10 bits per heavy atom. The first kappa shape index (κ1) is 17.6. The molecular formula is C11H12F4NO4P. The number of hydrogen-bond donors (Lipinski definition) is 0. The van der Waals surface area contributed by atoms with Gasteiger partial charge >= 0.3 is 11.6 Å². The van der Waals surface area contributed by atoms with Gasteiger partial charge in [0.05, 0.1) is 11.5 Å². The second-order valence-corrected chi connectivity index (χ2v) is 6.69. The number of hydrogen-bond acceptors (Lipinski definition) is 4. The molecule has 0 heterocycles. The molecular weight excluding hydrogens is 317 g/mol. The van der Waals surface area contributed by atoms with Crippen LogP contribution in [0.25, 0.3) is 0 Å². The van der Waals surface area contributed by atoms with Gasteiger partial charge in [-0.15, -0.1) is 0 Å². The van der Waals surface area contributed by atoms with Gasteiger partial charge in [0.1, 0.15) is 0 Å². The third-order valence-corrected chi connectivity index (χ3v) is 4.76. The third-order valence-electron chi connectivity index (χ3n) is 2.70. The minimum Gasteiger partial charge on any atom is -0.325 e. The number of halogens is 4. The number of nitro benzene ring substituents is 1. The minimum atomic E-state index is -4.94. The van der Waals surface area contributed by atoms with Gasteiger partial charge in [0.25, 0.3) is 13.1 Å². The van der Waals surface area contributed by atoms with Gasteiger partial charge in [-0.2, -0.15) is 17.6 Å². The summed E-state index contributed by atoms with van der Waals surface area (Å²) in [5.74, 6) is -4.79. The molecule has 0 aromatic heterocycles. The Hall–Kier alpha value is -1.47. The molecule has 0 N–H and O–H groups in total. The fraction of sp³-hybridized carbons (Fsp3) is 0.455. The maximum absolute atomic E-state index is 13.9. The molecule has 1 unspecified atom stereocenters. The van der Waals surface area contributed by atoms with Crippen molar-refractivity contribution in [2.24, 2.45) is 0 Å². The van der Waals surface area contributed by atoms with Gasteiger partial charge in [0.15, 0.2) is 0 Å². The van der Waals surface area contributed by atoms with E-state index in [1.165, 1.54) is 6.92 Å². The molecule has 0 fully saturated rings. The Morgan fingerprint density at radius 2 is 1.71 bits per heavy atom. The zero-order valence-corrected chi connectivity index (χ0v) is 12.0. The van der Waals surface area contributed by atoms with Crippen LogP contribution in [0, 0.1) is 10.1 Å². The Labute approximate surface area is 117 Å². The van der Waals surface area contributed by atoms with Crippen LogP contribution in [0.15, 0.2) is 24.3 Å². The van der Waals surface area contributed by atoms with Crippen molar-refractivity contribution in [1.29, 1.82) is 0 Å². The minimum absolute atomic E-state index is 0.417. The van der Waals surface area contributed by atoms with E-state index in [1.807, 2.05) is 0 Å². The molecule has 1 aromatic carbocycles. The molecule has 0 radical (unpaired) electrons. The quantitative estimate of drug-likeness (QED) is 0.339. The maximum atomic E-state index is 13.9. The van der Waals surface area contributed by atoms with Crippen molar-refractivity contribution in [1.82, 2.24) is 0 Å². The van der Waals surface area contributed by atoms with E-state index in [9.17, 15) is 32.2 Å². The van der Waals surface area contributed by atoms with Gasteiger partial charge in [-0.25, -0.2) is 0 Å². The van der Waals surface area contributed by atoms with Crippen molar-refractivity contribution in [2.75, 3.05) is 13.3 Å². The lowest BCUT2D eigenvalue weighted by Crippen LogP contribution is -2.38. The molecule has 0 aliphatic rings. The van der Waals surface area contributed by atoms with Gasteiger partial charge in [0, 0.05) is 24.4 Å². The Bertz CT molecular complexity index is 576. The zero-order chi connectivity index (χ0) is 16.5. The van der Waals surface area contributed by atoms with Crippen LogP contribution >= 0.6 is 7.37 Å². The van der Waals surface area contributed by atoms with Crippen LogP contribution in [-0.4, -0.2) is 23.9 Å². The van der Waals surface area contributed by atoms with Crippen LogP contribution in [0.3, 0.4) is 0 Å². The smallest absolute Gasteiger partial charge is 0.325 e. The summed E-state index contributed by atoms with van der Waals surface area (Å²) in [5.41, 5.74) is -6.64. The monoisotopic (exact) mass is 329 g/mol. The average molecular weight is 329 g/mol. The lowest BCUT2D eigenvalue weighted by atomic mass is 10.1. The van der Waals surface area contributed by atoms with Crippen LogP contribution in [0.2, 0.25) is 0 Å². The van der Waals surface area contributed by atoms with Crippen molar-refractivity contribution in [3.63, 3.8) is 0 Å². The van der Waals surface area contributed by atoms with E-state index in [-0.39, 0.29) is 0 Å². The molecule has 0 amide bonds. The predicted octanol–water partition coefficient (Wildman–Crippen LogP) is 4.22. The number of rotatable bonds is 6. The molecule has 5 nitrogen and oxygen atoms in total. The molecule has 1 atom stereocenters. The molecule has 0 aliphatic carbocycles. The van der Waals surface area contributed by atoms with E-state index in [2.05, 4.69) is 4.52 Å². The van der Waals surface area contributed by atoms with E-state index in [1.54, 1.807) is 0 Å². The lowest BCUT2D eigenvalue weighted by molar-refractivity contribution is -0.384. The topological polar surface area (TPSA) is 69.4 Å². The number of benzene rings is 1. The van der Waals surface area contributed by atoms with Gasteiger partial charge in [-0.3, -0.25) is 14.7 Å². The fourth-order valence-corrected chi connectivity index (χ4v) is 2.84. The highest BCUT2D eigenvalue weighted by atomic mass is 31.2. The normalized spacial score (nSPS) is 15.5. The summed E-state index contributed by atoms with van der Waals surface area (Å²) in [6.45, 7) is 1.26. The van der Waals surface area contributed by atoms with Gasteiger partial charge in [0.2, 0.25) is 0 Å². The summed E-state index contributed by atoms with van der Waals surface area (Å²) in [6.07, 6.45) is 0. The molecule has 10 heteroatoms. The zero-order valence-electron chi connectivity index (χ0n) is 11.1. The molecule has 0 bridgehead atoms. The molecule has 0 spiro atoms. The first-order chi connectivity index (χ1) is 9.47. The average Bonchev–Trinajstić information content (AvgIpc) is 2.38. The van der Waals surface area contributed by atoms with Crippen LogP contribution < -0.4 is 0 Å². The first-order valence-corrected chi connectivity index (χ1v) is 7.77. The Kier molecular flexibility index (Phi) is 4.80.